The molecule has 2 aromatic carbocycles. The van der Waals surface area contributed by atoms with E-state index in [4.69, 9.17) is 8.92 Å². The number of carbonyl (C=O) groups is 1. The fourth-order valence-corrected chi connectivity index (χ4v) is 3.62. The molecule has 2 aromatic rings. The molecule has 0 bridgehead atoms. The molecule has 6 heteroatoms. The molecule has 0 aromatic heterocycles. The second-order valence-corrected chi connectivity index (χ2v) is 8.29. The van der Waals surface area contributed by atoms with Crippen LogP contribution in [-0.2, 0) is 30.3 Å². The van der Waals surface area contributed by atoms with E-state index >= 15 is 0 Å². The van der Waals surface area contributed by atoms with Gasteiger partial charge in [-0.05, 0) is 57.7 Å². The minimum Gasteiger partial charge on any atom is -0.461 e. The zero-order chi connectivity index (χ0) is 19.9. The third-order valence-electron chi connectivity index (χ3n) is 3.94. The van der Waals surface area contributed by atoms with Gasteiger partial charge in [0.15, 0.2) is 6.10 Å². The summed E-state index contributed by atoms with van der Waals surface area (Å²) in [5.74, 6) is -0.659. The highest BCUT2D eigenvalue weighted by atomic mass is 32.2. The van der Waals surface area contributed by atoms with Crippen LogP contribution in [0.15, 0.2) is 59.5 Å². The summed E-state index contributed by atoms with van der Waals surface area (Å²) in [5, 5.41) is 0. The molecular weight excluding hydrogens is 364 g/mol. The normalized spacial score (nSPS) is 12.7. The lowest BCUT2D eigenvalue weighted by atomic mass is 10.1. The first kappa shape index (κ1) is 21.1. The van der Waals surface area contributed by atoms with Gasteiger partial charge in [-0.15, -0.1) is 0 Å². The summed E-state index contributed by atoms with van der Waals surface area (Å²) in [5.41, 5.74) is 2.06. The Balaban J connectivity index is 2.09. The Labute approximate surface area is 161 Å². The van der Waals surface area contributed by atoms with E-state index in [0.717, 1.165) is 17.5 Å². The van der Waals surface area contributed by atoms with Crippen molar-refractivity contribution in [1.82, 2.24) is 0 Å². The fourth-order valence-electron chi connectivity index (χ4n) is 2.56. The van der Waals surface area contributed by atoms with E-state index in [-0.39, 0.29) is 17.4 Å². The van der Waals surface area contributed by atoms with Gasteiger partial charge in [0.2, 0.25) is 0 Å². The molecule has 2 rings (SSSR count). The summed E-state index contributed by atoms with van der Waals surface area (Å²) >= 11 is 0. The van der Waals surface area contributed by atoms with Gasteiger partial charge >= 0.3 is 5.97 Å². The predicted molar refractivity (Wildman–Crippen MR) is 104 cm³/mol. The Morgan fingerprint density at radius 1 is 1.00 bits per heavy atom. The van der Waals surface area contributed by atoms with Crippen molar-refractivity contribution in [3.8, 4) is 0 Å². The van der Waals surface area contributed by atoms with Gasteiger partial charge in [-0.25, -0.2) is 4.79 Å². The SMILES string of the molecule is Cc1ccc(S(=O)(=O)O[C@H](CCCc2ccccc2)C(=O)OC(C)C)cc1. The number of esters is 1. The molecule has 146 valence electrons. The minimum atomic E-state index is -4.05. The Morgan fingerprint density at radius 3 is 2.22 bits per heavy atom. The number of carbonyl (C=O) groups excluding carboxylic acids is 1. The van der Waals surface area contributed by atoms with Crippen LogP contribution in [0, 0.1) is 6.92 Å². The quantitative estimate of drug-likeness (QED) is 0.477. The molecule has 0 spiro atoms. The maximum Gasteiger partial charge on any atom is 0.337 e. The van der Waals surface area contributed by atoms with Crippen molar-refractivity contribution in [3.63, 3.8) is 0 Å². The van der Waals surface area contributed by atoms with Crippen LogP contribution in [0.2, 0.25) is 0 Å². The van der Waals surface area contributed by atoms with Gasteiger partial charge in [0.25, 0.3) is 10.1 Å². The Hall–Kier alpha value is -2.18. The Kier molecular flexibility index (Phi) is 7.56. The second kappa shape index (κ2) is 9.67. The topological polar surface area (TPSA) is 69.7 Å². The second-order valence-electron chi connectivity index (χ2n) is 6.72. The first-order valence-electron chi connectivity index (χ1n) is 9.02. The molecule has 1 atom stereocenters. The monoisotopic (exact) mass is 390 g/mol. The number of rotatable bonds is 9. The number of aryl methyl sites for hydroxylation is 2. The zero-order valence-corrected chi connectivity index (χ0v) is 16.7. The number of hydrogen-bond acceptors (Lipinski definition) is 5. The van der Waals surface area contributed by atoms with Crippen LogP contribution in [0.5, 0.6) is 0 Å². The molecule has 0 radical (unpaired) electrons. The molecule has 0 aliphatic heterocycles. The van der Waals surface area contributed by atoms with Crippen LogP contribution in [0.3, 0.4) is 0 Å². The van der Waals surface area contributed by atoms with Crippen LogP contribution in [0.25, 0.3) is 0 Å². The lowest BCUT2D eigenvalue weighted by molar-refractivity contribution is -0.156. The molecule has 0 aliphatic rings. The molecule has 0 heterocycles. The average molecular weight is 391 g/mol. The minimum absolute atomic E-state index is 0.0264. The maximum atomic E-state index is 12.5. The summed E-state index contributed by atoms with van der Waals surface area (Å²) in [6.07, 6.45) is 0.0686. The summed E-state index contributed by atoms with van der Waals surface area (Å²) in [7, 11) is -4.05. The van der Waals surface area contributed by atoms with Crippen molar-refractivity contribution in [2.75, 3.05) is 0 Å². The third kappa shape index (κ3) is 6.81. The van der Waals surface area contributed by atoms with Crippen LogP contribution in [0.1, 0.15) is 37.8 Å². The molecule has 0 saturated heterocycles. The van der Waals surface area contributed by atoms with E-state index in [9.17, 15) is 13.2 Å². The van der Waals surface area contributed by atoms with Gasteiger partial charge in [-0.2, -0.15) is 8.42 Å². The van der Waals surface area contributed by atoms with Gasteiger partial charge in [0.05, 0.1) is 11.0 Å². The van der Waals surface area contributed by atoms with Crippen LogP contribution in [0.4, 0.5) is 0 Å². The molecule has 0 N–H and O–H groups in total. The molecule has 27 heavy (non-hydrogen) atoms. The maximum absolute atomic E-state index is 12.5. The number of benzene rings is 2. The standard InChI is InChI=1S/C21H26O5S/c1-16(2)25-21(22)20(11-7-10-18-8-5-4-6-9-18)26-27(23,24)19-14-12-17(3)13-15-19/h4-6,8-9,12-16,20H,7,10-11H2,1-3H3/t20-/m1/s1. The Morgan fingerprint density at radius 2 is 1.63 bits per heavy atom. The van der Waals surface area contributed by atoms with E-state index in [1.165, 1.54) is 12.1 Å². The lowest BCUT2D eigenvalue weighted by Crippen LogP contribution is -2.31. The highest BCUT2D eigenvalue weighted by Gasteiger charge is 2.29. The van der Waals surface area contributed by atoms with Crippen molar-refractivity contribution < 1.29 is 22.1 Å². The summed E-state index contributed by atoms with van der Waals surface area (Å²) < 4.78 is 35.5. The molecule has 0 fully saturated rings. The van der Waals surface area contributed by atoms with E-state index in [2.05, 4.69) is 0 Å². The zero-order valence-electron chi connectivity index (χ0n) is 15.9. The van der Waals surface area contributed by atoms with E-state index in [1.807, 2.05) is 37.3 Å². The van der Waals surface area contributed by atoms with Gasteiger partial charge in [-0.3, -0.25) is 4.18 Å². The Bertz CT molecular complexity index is 827. The molecule has 5 nitrogen and oxygen atoms in total. The van der Waals surface area contributed by atoms with Gasteiger partial charge in [-0.1, -0.05) is 48.0 Å². The van der Waals surface area contributed by atoms with Crippen molar-refractivity contribution in [3.05, 3.63) is 65.7 Å². The van der Waals surface area contributed by atoms with Crippen molar-refractivity contribution in [1.29, 1.82) is 0 Å². The first-order chi connectivity index (χ1) is 12.8. The highest BCUT2D eigenvalue weighted by molar-refractivity contribution is 7.86. The number of hydrogen-bond donors (Lipinski definition) is 0. The molecule has 0 aliphatic carbocycles. The van der Waals surface area contributed by atoms with E-state index in [1.54, 1.807) is 26.0 Å². The molecular formula is C21H26O5S. The van der Waals surface area contributed by atoms with Crippen LogP contribution in [-0.4, -0.2) is 26.6 Å². The predicted octanol–water partition coefficient (Wildman–Crippen LogP) is 4.04. The largest absolute Gasteiger partial charge is 0.461 e. The number of ether oxygens (including phenoxy) is 1. The van der Waals surface area contributed by atoms with Crippen LogP contribution >= 0.6 is 0 Å². The smallest absolute Gasteiger partial charge is 0.337 e. The highest BCUT2D eigenvalue weighted by Crippen LogP contribution is 2.19. The fraction of sp³-hybridized carbons (Fsp3) is 0.381. The summed E-state index contributed by atoms with van der Waals surface area (Å²) in [4.78, 5) is 12.4. The average Bonchev–Trinajstić information content (AvgIpc) is 2.61. The summed E-state index contributed by atoms with van der Waals surface area (Å²) in [6.45, 7) is 5.30. The van der Waals surface area contributed by atoms with Crippen molar-refractivity contribution >= 4 is 16.1 Å². The van der Waals surface area contributed by atoms with Gasteiger partial charge in [0, 0.05) is 0 Å². The third-order valence-corrected chi connectivity index (χ3v) is 5.28. The first-order valence-corrected chi connectivity index (χ1v) is 10.4. The summed E-state index contributed by atoms with van der Waals surface area (Å²) in [6, 6.07) is 16.1. The van der Waals surface area contributed by atoms with Gasteiger partial charge in [0.1, 0.15) is 0 Å². The molecule has 0 amide bonds. The van der Waals surface area contributed by atoms with Crippen molar-refractivity contribution in [2.24, 2.45) is 0 Å². The van der Waals surface area contributed by atoms with Crippen molar-refractivity contribution in [2.45, 2.75) is 57.1 Å². The lowest BCUT2D eigenvalue weighted by Gasteiger charge is -2.18. The van der Waals surface area contributed by atoms with Gasteiger partial charge < -0.3 is 4.74 Å². The van der Waals surface area contributed by atoms with E-state index < -0.39 is 22.2 Å². The molecule has 0 unspecified atom stereocenters. The molecule has 0 saturated carbocycles. The van der Waals surface area contributed by atoms with Crippen LogP contribution < -0.4 is 0 Å². The van der Waals surface area contributed by atoms with E-state index in [0.29, 0.717) is 6.42 Å².